The molecule has 4 heteroatoms. The van der Waals surface area contributed by atoms with Gasteiger partial charge in [-0.3, -0.25) is 4.79 Å². The van der Waals surface area contributed by atoms with Crippen LogP contribution in [0.3, 0.4) is 0 Å². The minimum Gasteiger partial charge on any atom is -0.355 e. The summed E-state index contributed by atoms with van der Waals surface area (Å²) < 4.78 is 0. The van der Waals surface area contributed by atoms with Gasteiger partial charge in [0.15, 0.2) is 0 Å². The fraction of sp³-hybridized carbons (Fsp3) is 0.900. The van der Waals surface area contributed by atoms with Crippen LogP contribution in [0.25, 0.3) is 0 Å². The van der Waals surface area contributed by atoms with Gasteiger partial charge < -0.3 is 16.0 Å². The molecule has 4 nitrogen and oxygen atoms in total. The zero-order chi connectivity index (χ0) is 10.6. The van der Waals surface area contributed by atoms with Crippen LogP contribution in [0.1, 0.15) is 19.3 Å². The molecule has 1 aliphatic rings. The second-order valence-electron chi connectivity index (χ2n) is 4.48. The summed E-state index contributed by atoms with van der Waals surface area (Å²) in [6.45, 7) is 1.26. The van der Waals surface area contributed by atoms with Gasteiger partial charge >= 0.3 is 0 Å². The maximum Gasteiger partial charge on any atom is 0.234 e. The Hall–Kier alpha value is -0.610. The van der Waals surface area contributed by atoms with E-state index in [4.69, 9.17) is 5.73 Å². The molecule has 0 aromatic rings. The van der Waals surface area contributed by atoms with E-state index in [1.807, 2.05) is 19.0 Å². The monoisotopic (exact) mass is 199 g/mol. The van der Waals surface area contributed by atoms with Crippen molar-refractivity contribution in [1.29, 1.82) is 0 Å². The molecule has 14 heavy (non-hydrogen) atoms. The van der Waals surface area contributed by atoms with Gasteiger partial charge in [0.1, 0.15) is 0 Å². The van der Waals surface area contributed by atoms with E-state index in [-0.39, 0.29) is 5.91 Å². The van der Waals surface area contributed by atoms with Gasteiger partial charge in [-0.05, 0) is 39.3 Å². The lowest BCUT2D eigenvalue weighted by molar-refractivity contribution is -0.121. The second-order valence-corrected chi connectivity index (χ2v) is 4.48. The Morgan fingerprint density at radius 1 is 1.50 bits per heavy atom. The molecular formula is C10H21N3O. The van der Waals surface area contributed by atoms with E-state index in [0.717, 1.165) is 25.8 Å². The van der Waals surface area contributed by atoms with E-state index in [1.165, 1.54) is 0 Å². The lowest BCUT2D eigenvalue weighted by Gasteiger charge is -2.13. The number of amides is 1. The summed E-state index contributed by atoms with van der Waals surface area (Å²) in [7, 11) is 3.79. The molecule has 3 N–H and O–H groups in total. The Balaban J connectivity index is 2.11. The summed E-state index contributed by atoms with van der Waals surface area (Å²) in [5.74, 6) is 0.701. The SMILES string of the molecule is CN(C)CC(=O)NCC1CCC(N)C1. The fourth-order valence-electron chi connectivity index (χ4n) is 1.90. The Bertz CT molecular complexity index is 194. The molecule has 1 rings (SSSR count). The third-order valence-electron chi connectivity index (χ3n) is 2.63. The zero-order valence-corrected chi connectivity index (χ0v) is 9.12. The predicted molar refractivity (Wildman–Crippen MR) is 56.9 cm³/mol. The van der Waals surface area contributed by atoms with Crippen LogP contribution >= 0.6 is 0 Å². The largest absolute Gasteiger partial charge is 0.355 e. The normalized spacial score (nSPS) is 26.9. The van der Waals surface area contributed by atoms with E-state index < -0.39 is 0 Å². The van der Waals surface area contributed by atoms with E-state index in [9.17, 15) is 4.79 Å². The number of hydrogen-bond donors (Lipinski definition) is 2. The molecule has 0 aromatic carbocycles. The molecular weight excluding hydrogens is 178 g/mol. The van der Waals surface area contributed by atoms with Gasteiger partial charge in [-0.1, -0.05) is 0 Å². The van der Waals surface area contributed by atoms with E-state index >= 15 is 0 Å². The lowest BCUT2D eigenvalue weighted by atomic mass is 10.1. The van der Waals surface area contributed by atoms with Crippen molar-refractivity contribution < 1.29 is 4.79 Å². The molecule has 0 spiro atoms. The third-order valence-corrected chi connectivity index (χ3v) is 2.63. The smallest absolute Gasteiger partial charge is 0.234 e. The number of likely N-dealkylation sites (N-methyl/N-ethyl adjacent to an activating group) is 1. The number of nitrogens with zero attached hydrogens (tertiary/aromatic N) is 1. The highest BCUT2D eigenvalue weighted by atomic mass is 16.1. The highest BCUT2D eigenvalue weighted by Gasteiger charge is 2.21. The van der Waals surface area contributed by atoms with Crippen LogP contribution in [0.2, 0.25) is 0 Å². The van der Waals surface area contributed by atoms with Crippen LogP contribution in [0.15, 0.2) is 0 Å². The number of carbonyl (C=O) groups is 1. The average Bonchev–Trinajstić information content (AvgIpc) is 2.47. The van der Waals surface area contributed by atoms with Crippen molar-refractivity contribution in [3.63, 3.8) is 0 Å². The first-order valence-corrected chi connectivity index (χ1v) is 5.25. The minimum atomic E-state index is 0.107. The minimum absolute atomic E-state index is 0.107. The molecule has 2 unspecified atom stereocenters. The number of rotatable bonds is 4. The van der Waals surface area contributed by atoms with Crippen molar-refractivity contribution in [2.24, 2.45) is 11.7 Å². The fourth-order valence-corrected chi connectivity index (χ4v) is 1.90. The Morgan fingerprint density at radius 2 is 2.21 bits per heavy atom. The van der Waals surface area contributed by atoms with Gasteiger partial charge in [0.05, 0.1) is 6.54 Å². The number of nitrogens with one attached hydrogen (secondary N) is 1. The molecule has 0 aromatic heterocycles. The number of nitrogens with two attached hydrogens (primary N) is 1. The average molecular weight is 199 g/mol. The summed E-state index contributed by atoms with van der Waals surface area (Å²) in [6, 6.07) is 0.353. The lowest BCUT2D eigenvalue weighted by Crippen LogP contribution is -2.36. The topological polar surface area (TPSA) is 58.4 Å². The molecule has 0 radical (unpaired) electrons. The Labute approximate surface area is 85.8 Å². The van der Waals surface area contributed by atoms with Crippen molar-refractivity contribution >= 4 is 5.91 Å². The van der Waals surface area contributed by atoms with E-state index in [0.29, 0.717) is 18.5 Å². The van der Waals surface area contributed by atoms with Crippen molar-refractivity contribution in [2.75, 3.05) is 27.2 Å². The molecule has 0 saturated heterocycles. The van der Waals surface area contributed by atoms with Gasteiger partial charge in [-0.25, -0.2) is 0 Å². The molecule has 1 aliphatic carbocycles. The molecule has 1 fully saturated rings. The number of hydrogen-bond acceptors (Lipinski definition) is 3. The molecule has 0 heterocycles. The van der Waals surface area contributed by atoms with Crippen LogP contribution in [-0.2, 0) is 4.79 Å². The quantitative estimate of drug-likeness (QED) is 0.659. The molecule has 0 bridgehead atoms. The van der Waals surface area contributed by atoms with Gasteiger partial charge in [0.2, 0.25) is 5.91 Å². The third kappa shape index (κ3) is 4.07. The zero-order valence-electron chi connectivity index (χ0n) is 9.12. The maximum absolute atomic E-state index is 11.3. The van der Waals surface area contributed by atoms with Crippen LogP contribution < -0.4 is 11.1 Å². The van der Waals surface area contributed by atoms with Crippen molar-refractivity contribution in [2.45, 2.75) is 25.3 Å². The Kier molecular flexibility index (Phi) is 4.35. The second kappa shape index (κ2) is 5.32. The van der Waals surface area contributed by atoms with Crippen LogP contribution in [0, 0.1) is 5.92 Å². The summed E-state index contributed by atoms with van der Waals surface area (Å²) in [4.78, 5) is 13.2. The van der Waals surface area contributed by atoms with Crippen molar-refractivity contribution in [3.8, 4) is 0 Å². The van der Waals surface area contributed by atoms with E-state index in [2.05, 4.69) is 5.32 Å². The standard InChI is InChI=1S/C10H21N3O/c1-13(2)7-10(14)12-6-8-3-4-9(11)5-8/h8-9H,3-7,11H2,1-2H3,(H,12,14). The highest BCUT2D eigenvalue weighted by Crippen LogP contribution is 2.22. The summed E-state index contributed by atoms with van der Waals surface area (Å²) >= 11 is 0. The molecule has 2 atom stereocenters. The highest BCUT2D eigenvalue weighted by molar-refractivity contribution is 5.77. The van der Waals surface area contributed by atoms with Crippen LogP contribution in [0.5, 0.6) is 0 Å². The van der Waals surface area contributed by atoms with Gasteiger partial charge in [-0.15, -0.1) is 0 Å². The van der Waals surface area contributed by atoms with Crippen LogP contribution in [0.4, 0.5) is 0 Å². The Morgan fingerprint density at radius 3 is 2.71 bits per heavy atom. The summed E-state index contributed by atoms with van der Waals surface area (Å²) in [5, 5.41) is 2.94. The van der Waals surface area contributed by atoms with Crippen molar-refractivity contribution in [3.05, 3.63) is 0 Å². The summed E-state index contributed by atoms with van der Waals surface area (Å²) in [6.07, 6.45) is 3.32. The molecule has 82 valence electrons. The molecule has 1 amide bonds. The predicted octanol–water partition coefficient (Wildman–Crippen LogP) is -0.208. The van der Waals surface area contributed by atoms with Crippen LogP contribution in [-0.4, -0.2) is 44.0 Å². The first-order chi connectivity index (χ1) is 6.58. The maximum atomic E-state index is 11.3. The first kappa shape index (κ1) is 11.5. The first-order valence-electron chi connectivity index (χ1n) is 5.25. The van der Waals surface area contributed by atoms with Gasteiger partial charge in [0.25, 0.3) is 0 Å². The molecule has 1 saturated carbocycles. The molecule has 0 aliphatic heterocycles. The van der Waals surface area contributed by atoms with E-state index in [1.54, 1.807) is 0 Å². The van der Waals surface area contributed by atoms with Crippen molar-refractivity contribution in [1.82, 2.24) is 10.2 Å². The van der Waals surface area contributed by atoms with Gasteiger partial charge in [-0.2, -0.15) is 0 Å². The number of carbonyl (C=O) groups excluding carboxylic acids is 1. The summed E-state index contributed by atoms with van der Waals surface area (Å²) in [5.41, 5.74) is 5.79. The van der Waals surface area contributed by atoms with Gasteiger partial charge in [0, 0.05) is 12.6 Å².